The summed E-state index contributed by atoms with van der Waals surface area (Å²) in [5.41, 5.74) is 7.50. The Morgan fingerprint density at radius 3 is 2.95 bits per heavy atom. The van der Waals surface area contributed by atoms with Crippen LogP contribution in [0.2, 0.25) is 0 Å². The van der Waals surface area contributed by atoms with Crippen LogP contribution < -0.4 is 5.73 Å². The SMILES string of the molecule is Cc1cc(F)ccc1-c1noc(C2(N)CCCC(C)C2)n1. The summed E-state index contributed by atoms with van der Waals surface area (Å²) in [6.07, 6.45) is 3.99. The number of nitrogens with two attached hydrogens (primary N) is 1. The monoisotopic (exact) mass is 289 g/mol. The molecule has 1 aromatic carbocycles. The van der Waals surface area contributed by atoms with Crippen molar-refractivity contribution in [1.29, 1.82) is 0 Å². The number of benzene rings is 1. The molecule has 0 bridgehead atoms. The van der Waals surface area contributed by atoms with Crippen LogP contribution in [0.1, 0.15) is 44.1 Å². The molecule has 2 atom stereocenters. The number of aryl methyl sites for hydroxylation is 1. The van der Waals surface area contributed by atoms with Crippen LogP contribution in [0, 0.1) is 18.7 Å². The van der Waals surface area contributed by atoms with Crippen LogP contribution >= 0.6 is 0 Å². The molecule has 0 spiro atoms. The van der Waals surface area contributed by atoms with E-state index in [4.69, 9.17) is 10.3 Å². The first-order valence-corrected chi connectivity index (χ1v) is 7.37. The third kappa shape index (κ3) is 2.70. The molecule has 5 heteroatoms. The maximum atomic E-state index is 13.2. The predicted octanol–water partition coefficient (Wildman–Crippen LogP) is 3.55. The quantitative estimate of drug-likeness (QED) is 0.918. The average molecular weight is 289 g/mol. The Morgan fingerprint density at radius 2 is 2.24 bits per heavy atom. The molecule has 2 unspecified atom stereocenters. The van der Waals surface area contributed by atoms with E-state index < -0.39 is 5.54 Å². The minimum absolute atomic E-state index is 0.267. The lowest BCUT2D eigenvalue weighted by molar-refractivity contribution is 0.183. The molecule has 0 radical (unpaired) electrons. The van der Waals surface area contributed by atoms with Crippen molar-refractivity contribution in [2.45, 2.75) is 45.1 Å². The number of halogens is 1. The maximum Gasteiger partial charge on any atom is 0.247 e. The third-order valence-corrected chi connectivity index (χ3v) is 4.31. The van der Waals surface area contributed by atoms with E-state index in [1.165, 1.54) is 18.6 Å². The largest absolute Gasteiger partial charge is 0.337 e. The lowest BCUT2D eigenvalue weighted by Crippen LogP contribution is -2.41. The Labute approximate surface area is 123 Å². The second kappa shape index (κ2) is 5.22. The molecule has 4 nitrogen and oxygen atoms in total. The number of hydrogen-bond donors (Lipinski definition) is 1. The van der Waals surface area contributed by atoms with Crippen LogP contribution in [0.25, 0.3) is 11.4 Å². The van der Waals surface area contributed by atoms with Crippen LogP contribution in [0.15, 0.2) is 22.7 Å². The second-order valence-corrected chi connectivity index (χ2v) is 6.24. The molecule has 1 fully saturated rings. The normalized spacial score (nSPS) is 26.0. The molecular formula is C16H20FN3O. The summed E-state index contributed by atoms with van der Waals surface area (Å²) >= 11 is 0. The zero-order valence-electron chi connectivity index (χ0n) is 12.4. The van der Waals surface area contributed by atoms with Crippen molar-refractivity contribution in [3.63, 3.8) is 0 Å². The van der Waals surface area contributed by atoms with Crippen molar-refractivity contribution >= 4 is 0 Å². The highest BCUT2D eigenvalue weighted by Crippen LogP contribution is 2.37. The van der Waals surface area contributed by atoms with Gasteiger partial charge in [0, 0.05) is 5.56 Å². The fourth-order valence-electron chi connectivity index (χ4n) is 3.20. The first-order chi connectivity index (χ1) is 9.98. The predicted molar refractivity (Wildman–Crippen MR) is 77.9 cm³/mol. The van der Waals surface area contributed by atoms with Crippen molar-refractivity contribution in [2.24, 2.45) is 11.7 Å². The molecule has 3 rings (SSSR count). The molecule has 21 heavy (non-hydrogen) atoms. The van der Waals surface area contributed by atoms with Gasteiger partial charge < -0.3 is 10.3 Å². The van der Waals surface area contributed by atoms with E-state index in [0.717, 1.165) is 30.4 Å². The standard InChI is InChI=1S/C16H20FN3O/c1-10-4-3-7-16(18,9-10)15-19-14(20-21-15)13-6-5-12(17)8-11(13)2/h5-6,8,10H,3-4,7,9,18H2,1-2H3. The van der Waals surface area contributed by atoms with Crippen LogP contribution in [-0.2, 0) is 5.54 Å². The van der Waals surface area contributed by atoms with Gasteiger partial charge in [0.05, 0.1) is 5.54 Å². The Bertz CT molecular complexity index is 655. The molecule has 0 saturated heterocycles. The van der Waals surface area contributed by atoms with Crippen LogP contribution in [0.3, 0.4) is 0 Å². The Balaban J connectivity index is 1.92. The summed E-state index contributed by atoms with van der Waals surface area (Å²) < 4.78 is 18.6. The maximum absolute atomic E-state index is 13.2. The number of hydrogen-bond acceptors (Lipinski definition) is 4. The minimum Gasteiger partial charge on any atom is -0.337 e. The molecular weight excluding hydrogens is 269 g/mol. The number of nitrogens with zero attached hydrogens (tertiary/aromatic N) is 2. The molecule has 1 heterocycles. The van der Waals surface area contributed by atoms with Crippen LogP contribution in [-0.4, -0.2) is 10.1 Å². The van der Waals surface area contributed by atoms with E-state index >= 15 is 0 Å². The molecule has 1 aromatic heterocycles. The summed E-state index contributed by atoms with van der Waals surface area (Å²) in [5.74, 6) is 1.27. The number of rotatable bonds is 2. The molecule has 1 aliphatic rings. The van der Waals surface area contributed by atoms with Gasteiger partial charge in [-0.15, -0.1) is 0 Å². The van der Waals surface area contributed by atoms with Crippen molar-refractivity contribution in [2.75, 3.05) is 0 Å². The van der Waals surface area contributed by atoms with Crippen LogP contribution in [0.4, 0.5) is 4.39 Å². The molecule has 1 aliphatic carbocycles. The van der Waals surface area contributed by atoms with Crippen molar-refractivity contribution in [3.05, 3.63) is 35.5 Å². The van der Waals surface area contributed by atoms with Crippen molar-refractivity contribution in [3.8, 4) is 11.4 Å². The zero-order chi connectivity index (χ0) is 15.0. The highest BCUT2D eigenvalue weighted by Gasteiger charge is 2.37. The van der Waals surface area contributed by atoms with Gasteiger partial charge in [0.1, 0.15) is 5.82 Å². The smallest absolute Gasteiger partial charge is 0.247 e. The minimum atomic E-state index is -0.531. The fourth-order valence-corrected chi connectivity index (χ4v) is 3.20. The van der Waals surface area contributed by atoms with Gasteiger partial charge in [0.15, 0.2) is 0 Å². The van der Waals surface area contributed by atoms with Crippen molar-refractivity contribution < 1.29 is 8.91 Å². The topological polar surface area (TPSA) is 64.9 Å². The van der Waals surface area contributed by atoms with E-state index in [0.29, 0.717) is 17.6 Å². The molecule has 112 valence electrons. The van der Waals surface area contributed by atoms with Gasteiger partial charge in [-0.25, -0.2) is 4.39 Å². The first kappa shape index (κ1) is 14.2. The molecule has 0 aliphatic heterocycles. The highest BCUT2D eigenvalue weighted by molar-refractivity contribution is 5.59. The van der Waals surface area contributed by atoms with Gasteiger partial charge in [-0.3, -0.25) is 0 Å². The summed E-state index contributed by atoms with van der Waals surface area (Å²) in [5, 5.41) is 4.03. The van der Waals surface area contributed by atoms with Crippen LogP contribution in [0.5, 0.6) is 0 Å². The van der Waals surface area contributed by atoms with Gasteiger partial charge in [-0.1, -0.05) is 24.9 Å². The van der Waals surface area contributed by atoms with Crippen molar-refractivity contribution in [1.82, 2.24) is 10.1 Å². The van der Waals surface area contributed by atoms with Gasteiger partial charge in [-0.2, -0.15) is 4.98 Å². The first-order valence-electron chi connectivity index (χ1n) is 7.37. The van der Waals surface area contributed by atoms with E-state index in [1.54, 1.807) is 6.07 Å². The second-order valence-electron chi connectivity index (χ2n) is 6.24. The Morgan fingerprint density at radius 1 is 1.43 bits per heavy atom. The van der Waals surface area contributed by atoms with Gasteiger partial charge in [-0.05, 0) is 49.4 Å². The summed E-state index contributed by atoms with van der Waals surface area (Å²) in [4.78, 5) is 4.48. The van der Waals surface area contributed by atoms with E-state index in [2.05, 4.69) is 17.1 Å². The lowest BCUT2D eigenvalue weighted by Gasteiger charge is -2.33. The van der Waals surface area contributed by atoms with Gasteiger partial charge >= 0.3 is 0 Å². The Kier molecular flexibility index (Phi) is 3.53. The van der Waals surface area contributed by atoms with E-state index in [1.807, 2.05) is 6.92 Å². The molecule has 1 saturated carbocycles. The summed E-state index contributed by atoms with van der Waals surface area (Å²) in [6, 6.07) is 4.54. The van der Waals surface area contributed by atoms with Gasteiger partial charge in [0.2, 0.25) is 11.7 Å². The van der Waals surface area contributed by atoms with Gasteiger partial charge in [0.25, 0.3) is 0 Å². The fraction of sp³-hybridized carbons (Fsp3) is 0.500. The van der Waals surface area contributed by atoms with E-state index in [-0.39, 0.29) is 5.82 Å². The highest BCUT2D eigenvalue weighted by atomic mass is 19.1. The molecule has 0 amide bonds. The number of aromatic nitrogens is 2. The molecule has 2 aromatic rings. The molecule has 2 N–H and O–H groups in total. The summed E-state index contributed by atoms with van der Waals surface area (Å²) in [6.45, 7) is 4.03. The summed E-state index contributed by atoms with van der Waals surface area (Å²) in [7, 11) is 0. The third-order valence-electron chi connectivity index (χ3n) is 4.31. The average Bonchev–Trinajstić information content (AvgIpc) is 2.88. The Hall–Kier alpha value is -1.75. The zero-order valence-corrected chi connectivity index (χ0v) is 12.4. The lowest BCUT2D eigenvalue weighted by atomic mass is 9.77. The van der Waals surface area contributed by atoms with E-state index in [9.17, 15) is 4.39 Å².